The van der Waals surface area contributed by atoms with Crippen LogP contribution in [0.3, 0.4) is 0 Å². The summed E-state index contributed by atoms with van der Waals surface area (Å²) in [6.07, 6.45) is 0. The van der Waals surface area contributed by atoms with Crippen molar-refractivity contribution in [1.29, 1.82) is 0 Å². The van der Waals surface area contributed by atoms with E-state index in [2.05, 4.69) is 10.0 Å². The van der Waals surface area contributed by atoms with Gasteiger partial charge in [-0.15, -0.1) is 0 Å². The zero-order valence-corrected chi connectivity index (χ0v) is 18.8. The van der Waals surface area contributed by atoms with Crippen molar-refractivity contribution in [2.45, 2.75) is 32.6 Å². The first-order chi connectivity index (χ1) is 14.1. The van der Waals surface area contributed by atoms with Gasteiger partial charge in [0.25, 0.3) is 15.9 Å². The van der Waals surface area contributed by atoms with Crippen molar-refractivity contribution in [2.75, 3.05) is 10.0 Å². The van der Waals surface area contributed by atoms with Crippen molar-refractivity contribution in [3.05, 3.63) is 87.4 Å². The molecule has 1 amide bonds. The molecule has 0 fully saturated rings. The molecule has 0 saturated heterocycles. The number of hydrogen-bond donors (Lipinski definition) is 2. The summed E-state index contributed by atoms with van der Waals surface area (Å²) in [7, 11) is -3.87. The van der Waals surface area contributed by atoms with Crippen LogP contribution in [-0.4, -0.2) is 14.3 Å². The highest BCUT2D eigenvalue weighted by Crippen LogP contribution is 2.25. The summed E-state index contributed by atoms with van der Waals surface area (Å²) in [5.74, 6) is -0.414. The first kappa shape index (κ1) is 21.9. The maximum absolute atomic E-state index is 13.0. The predicted molar refractivity (Wildman–Crippen MR) is 122 cm³/mol. The minimum absolute atomic E-state index is 0.0529. The van der Waals surface area contributed by atoms with Gasteiger partial charge in [0.15, 0.2) is 0 Å². The number of nitrogens with one attached hydrogen (secondary N) is 2. The molecule has 0 aliphatic heterocycles. The summed E-state index contributed by atoms with van der Waals surface area (Å²) >= 11 is 6.11. The van der Waals surface area contributed by atoms with Gasteiger partial charge in [0.2, 0.25) is 0 Å². The summed E-state index contributed by atoms with van der Waals surface area (Å²) in [5.41, 5.74) is 4.48. The monoisotopic (exact) mass is 442 g/mol. The quantitative estimate of drug-likeness (QED) is 0.537. The lowest BCUT2D eigenvalue weighted by Crippen LogP contribution is -2.17. The predicted octanol–water partition coefficient (Wildman–Crippen LogP) is 5.63. The van der Waals surface area contributed by atoms with Crippen molar-refractivity contribution in [3.63, 3.8) is 0 Å². The molecule has 5 nitrogen and oxygen atoms in total. The normalized spacial score (nSPS) is 11.2. The first-order valence-electron chi connectivity index (χ1n) is 9.35. The lowest BCUT2D eigenvalue weighted by atomic mass is 10.1. The Morgan fingerprint density at radius 2 is 1.57 bits per heavy atom. The Kier molecular flexibility index (Phi) is 6.19. The highest BCUT2D eigenvalue weighted by Gasteiger charge is 2.20. The van der Waals surface area contributed by atoms with E-state index in [1.54, 1.807) is 56.3 Å². The molecule has 0 saturated carbocycles. The molecular formula is C23H23ClN2O3S. The number of carbonyl (C=O) groups excluding carboxylic acids is 1. The number of anilines is 2. The van der Waals surface area contributed by atoms with Crippen LogP contribution in [-0.2, 0) is 10.0 Å². The Morgan fingerprint density at radius 1 is 0.900 bits per heavy atom. The second-order valence-electron chi connectivity index (χ2n) is 7.33. The third-order valence-corrected chi connectivity index (χ3v) is 6.66. The van der Waals surface area contributed by atoms with Crippen LogP contribution in [0.4, 0.5) is 11.4 Å². The lowest BCUT2D eigenvalue weighted by molar-refractivity contribution is 0.102. The van der Waals surface area contributed by atoms with E-state index in [0.717, 1.165) is 16.7 Å². The number of benzene rings is 3. The molecular weight excluding hydrogens is 420 g/mol. The Hall–Kier alpha value is -2.83. The Labute approximate surface area is 182 Å². The van der Waals surface area contributed by atoms with Gasteiger partial charge in [-0.25, -0.2) is 8.42 Å². The van der Waals surface area contributed by atoms with Crippen LogP contribution in [0, 0.1) is 27.7 Å². The summed E-state index contributed by atoms with van der Waals surface area (Å²) in [6.45, 7) is 7.30. The maximum Gasteiger partial charge on any atom is 0.262 e. The van der Waals surface area contributed by atoms with Crippen LogP contribution in [0.2, 0.25) is 5.02 Å². The van der Waals surface area contributed by atoms with Gasteiger partial charge in [-0.2, -0.15) is 0 Å². The topological polar surface area (TPSA) is 75.3 Å². The van der Waals surface area contributed by atoms with E-state index in [1.165, 1.54) is 6.07 Å². The van der Waals surface area contributed by atoms with Gasteiger partial charge in [-0.3, -0.25) is 9.52 Å². The molecule has 0 aliphatic carbocycles. The van der Waals surface area contributed by atoms with Crippen LogP contribution in [0.5, 0.6) is 0 Å². The molecule has 0 spiro atoms. The third-order valence-electron chi connectivity index (χ3n) is 4.73. The number of aryl methyl sites for hydroxylation is 3. The molecule has 0 heterocycles. The van der Waals surface area contributed by atoms with Crippen LogP contribution < -0.4 is 10.0 Å². The number of carbonyl (C=O) groups is 1. The summed E-state index contributed by atoms with van der Waals surface area (Å²) in [4.78, 5) is 12.8. The fourth-order valence-electron chi connectivity index (χ4n) is 3.21. The number of rotatable bonds is 5. The van der Waals surface area contributed by atoms with Gasteiger partial charge in [0, 0.05) is 22.0 Å². The van der Waals surface area contributed by atoms with E-state index in [0.29, 0.717) is 22.0 Å². The molecule has 0 atom stereocenters. The fraction of sp³-hybridized carbons (Fsp3) is 0.174. The number of hydrogen-bond acceptors (Lipinski definition) is 3. The van der Waals surface area contributed by atoms with Crippen LogP contribution in [0.15, 0.2) is 59.5 Å². The van der Waals surface area contributed by atoms with Crippen molar-refractivity contribution in [1.82, 2.24) is 0 Å². The Balaban J connectivity index is 1.92. The van der Waals surface area contributed by atoms with Gasteiger partial charge in [-0.05, 0) is 86.3 Å². The van der Waals surface area contributed by atoms with Crippen LogP contribution in [0.1, 0.15) is 32.6 Å². The van der Waals surface area contributed by atoms with E-state index in [-0.39, 0.29) is 10.5 Å². The van der Waals surface area contributed by atoms with E-state index in [4.69, 9.17) is 11.6 Å². The summed E-state index contributed by atoms with van der Waals surface area (Å²) < 4.78 is 28.6. The average Bonchev–Trinajstić information content (AvgIpc) is 2.64. The van der Waals surface area contributed by atoms with Gasteiger partial charge >= 0.3 is 0 Å². The standard InChI is InChI=1S/C23H23ClN2O3S/c1-14-10-15(2)12-19(11-14)26-30(28,29)22-13-18(9-8-16(22)3)23(27)25-21-7-5-6-20(24)17(21)4/h5-13,26H,1-4H3,(H,25,27). The van der Waals surface area contributed by atoms with Crippen LogP contribution >= 0.6 is 11.6 Å². The smallest absolute Gasteiger partial charge is 0.262 e. The maximum atomic E-state index is 13.0. The SMILES string of the molecule is Cc1cc(C)cc(NS(=O)(=O)c2cc(C(=O)Nc3cccc(Cl)c3C)ccc2C)c1. The van der Waals surface area contributed by atoms with Gasteiger partial charge in [0.05, 0.1) is 4.90 Å². The van der Waals surface area contributed by atoms with Crippen molar-refractivity contribution in [2.24, 2.45) is 0 Å². The number of halogens is 1. The Bertz CT molecular complexity index is 1220. The largest absolute Gasteiger partial charge is 0.322 e. The molecule has 7 heteroatoms. The van der Waals surface area contributed by atoms with Gasteiger partial charge in [-0.1, -0.05) is 29.8 Å². The minimum Gasteiger partial charge on any atom is -0.322 e. The third kappa shape index (κ3) is 4.83. The molecule has 0 aliphatic rings. The summed E-state index contributed by atoms with van der Waals surface area (Å²) in [5, 5.41) is 3.33. The average molecular weight is 443 g/mol. The zero-order valence-electron chi connectivity index (χ0n) is 17.2. The van der Waals surface area contributed by atoms with Crippen molar-refractivity contribution < 1.29 is 13.2 Å². The van der Waals surface area contributed by atoms with Crippen molar-refractivity contribution in [3.8, 4) is 0 Å². The van der Waals surface area contributed by atoms with E-state index >= 15 is 0 Å². The molecule has 0 aromatic heterocycles. The highest BCUT2D eigenvalue weighted by atomic mass is 35.5. The van der Waals surface area contributed by atoms with Crippen molar-refractivity contribution >= 4 is 38.9 Å². The molecule has 3 rings (SSSR count). The molecule has 2 N–H and O–H groups in total. The molecule has 0 bridgehead atoms. The molecule has 0 radical (unpaired) electrons. The molecule has 156 valence electrons. The highest BCUT2D eigenvalue weighted by molar-refractivity contribution is 7.92. The molecule has 3 aromatic rings. The van der Waals surface area contributed by atoms with Crippen LogP contribution in [0.25, 0.3) is 0 Å². The van der Waals surface area contributed by atoms with Gasteiger partial charge in [0.1, 0.15) is 0 Å². The first-order valence-corrected chi connectivity index (χ1v) is 11.2. The Morgan fingerprint density at radius 3 is 2.23 bits per heavy atom. The number of amides is 1. The number of sulfonamides is 1. The van der Waals surface area contributed by atoms with E-state index in [1.807, 2.05) is 19.9 Å². The zero-order chi connectivity index (χ0) is 22.1. The van der Waals surface area contributed by atoms with E-state index in [9.17, 15) is 13.2 Å². The second kappa shape index (κ2) is 8.50. The second-order valence-corrected chi connectivity index (χ2v) is 9.39. The molecule has 3 aromatic carbocycles. The molecule has 30 heavy (non-hydrogen) atoms. The fourth-order valence-corrected chi connectivity index (χ4v) is 4.70. The van der Waals surface area contributed by atoms with Gasteiger partial charge < -0.3 is 5.32 Å². The molecule has 0 unspecified atom stereocenters. The summed E-state index contributed by atoms with van der Waals surface area (Å²) in [6, 6.07) is 15.3. The minimum atomic E-state index is -3.87. The lowest BCUT2D eigenvalue weighted by Gasteiger charge is -2.14. The van der Waals surface area contributed by atoms with E-state index < -0.39 is 15.9 Å².